The van der Waals surface area contributed by atoms with Crippen molar-refractivity contribution in [3.8, 4) is 5.75 Å². The summed E-state index contributed by atoms with van der Waals surface area (Å²) in [6, 6.07) is 4.37. The Hall–Kier alpha value is -1.86. The summed E-state index contributed by atoms with van der Waals surface area (Å²) in [4.78, 5) is 22.5. The highest BCUT2D eigenvalue weighted by Gasteiger charge is 2.22. The third-order valence-electron chi connectivity index (χ3n) is 3.32. The van der Waals surface area contributed by atoms with E-state index in [0.717, 1.165) is 19.4 Å². The second-order valence-corrected chi connectivity index (χ2v) is 4.64. The van der Waals surface area contributed by atoms with Crippen molar-refractivity contribution in [3.05, 3.63) is 33.9 Å². The average molecular weight is 316 g/mol. The highest BCUT2D eigenvalue weighted by molar-refractivity contribution is 5.98. The van der Waals surface area contributed by atoms with Crippen LogP contribution in [0.25, 0.3) is 0 Å². The van der Waals surface area contributed by atoms with Gasteiger partial charge in [0.05, 0.1) is 12.0 Å². The first-order chi connectivity index (χ1) is 9.61. The summed E-state index contributed by atoms with van der Waals surface area (Å²) in [6.45, 7) is 1.41. The maximum Gasteiger partial charge on any atom is 0.282 e. The minimum atomic E-state index is -0.567. The van der Waals surface area contributed by atoms with Crippen molar-refractivity contribution in [2.75, 3.05) is 20.2 Å². The van der Waals surface area contributed by atoms with Crippen LogP contribution < -0.4 is 15.4 Å². The maximum atomic E-state index is 12.1. The molecule has 1 aliphatic heterocycles. The monoisotopic (exact) mass is 315 g/mol. The molecule has 0 saturated carbocycles. The number of benzene rings is 1. The lowest BCUT2D eigenvalue weighted by Crippen LogP contribution is -2.37. The Bertz CT molecular complexity index is 518. The molecule has 1 aromatic rings. The number of carbonyl (C=O) groups excluding carboxylic acids is 1. The van der Waals surface area contributed by atoms with Gasteiger partial charge in [-0.15, -0.1) is 12.4 Å². The molecule has 21 heavy (non-hydrogen) atoms. The SMILES string of the molecule is COc1ccc([N+](=O)[O-])c(C(=O)NCC2CCCN2)c1.Cl. The van der Waals surface area contributed by atoms with Gasteiger partial charge < -0.3 is 15.4 Å². The van der Waals surface area contributed by atoms with Crippen molar-refractivity contribution in [3.63, 3.8) is 0 Å². The van der Waals surface area contributed by atoms with Gasteiger partial charge in [-0.25, -0.2) is 0 Å². The molecular formula is C13H18ClN3O4. The summed E-state index contributed by atoms with van der Waals surface area (Å²) in [5.41, 5.74) is -0.199. The number of ether oxygens (including phenoxy) is 1. The van der Waals surface area contributed by atoms with E-state index < -0.39 is 10.8 Å². The molecule has 1 aromatic carbocycles. The van der Waals surface area contributed by atoms with Crippen LogP contribution in [-0.2, 0) is 0 Å². The molecule has 1 aliphatic rings. The fourth-order valence-corrected chi connectivity index (χ4v) is 2.23. The molecule has 0 aromatic heterocycles. The van der Waals surface area contributed by atoms with E-state index in [0.29, 0.717) is 12.3 Å². The van der Waals surface area contributed by atoms with E-state index in [4.69, 9.17) is 4.74 Å². The first kappa shape index (κ1) is 17.2. The van der Waals surface area contributed by atoms with Gasteiger partial charge in [0.1, 0.15) is 11.3 Å². The Balaban J connectivity index is 0.00000220. The van der Waals surface area contributed by atoms with Crippen LogP contribution in [0.3, 0.4) is 0 Å². The summed E-state index contributed by atoms with van der Waals surface area (Å²) in [5, 5.41) is 16.9. The maximum absolute atomic E-state index is 12.1. The fraction of sp³-hybridized carbons (Fsp3) is 0.462. The Kier molecular flexibility index (Phi) is 6.39. The average Bonchev–Trinajstić information content (AvgIpc) is 2.97. The van der Waals surface area contributed by atoms with Gasteiger partial charge in [0.25, 0.3) is 11.6 Å². The van der Waals surface area contributed by atoms with Crippen LogP contribution >= 0.6 is 12.4 Å². The molecule has 0 radical (unpaired) electrons. The van der Waals surface area contributed by atoms with E-state index in [-0.39, 0.29) is 29.7 Å². The summed E-state index contributed by atoms with van der Waals surface area (Å²) in [7, 11) is 1.45. The van der Waals surface area contributed by atoms with Gasteiger partial charge >= 0.3 is 0 Å². The van der Waals surface area contributed by atoms with Gasteiger partial charge in [-0.2, -0.15) is 0 Å². The van der Waals surface area contributed by atoms with Crippen molar-refractivity contribution >= 4 is 24.0 Å². The quantitative estimate of drug-likeness (QED) is 0.634. The van der Waals surface area contributed by atoms with Crippen LogP contribution in [0.2, 0.25) is 0 Å². The van der Waals surface area contributed by atoms with Crippen molar-refractivity contribution in [2.24, 2.45) is 0 Å². The number of hydrogen-bond acceptors (Lipinski definition) is 5. The lowest BCUT2D eigenvalue weighted by molar-refractivity contribution is -0.385. The lowest BCUT2D eigenvalue weighted by Gasteiger charge is -2.12. The molecule has 8 heteroatoms. The largest absolute Gasteiger partial charge is 0.497 e. The molecule has 0 aliphatic carbocycles. The minimum absolute atomic E-state index is 0. The lowest BCUT2D eigenvalue weighted by atomic mass is 10.1. The number of nitro benzene ring substituents is 1. The second kappa shape index (κ2) is 7.80. The topological polar surface area (TPSA) is 93.5 Å². The zero-order valence-electron chi connectivity index (χ0n) is 11.6. The number of nitrogens with one attached hydrogen (secondary N) is 2. The number of amides is 1. The molecule has 1 heterocycles. The number of methoxy groups -OCH3 is 1. The van der Waals surface area contributed by atoms with Crippen LogP contribution in [0.1, 0.15) is 23.2 Å². The first-order valence-electron chi connectivity index (χ1n) is 6.46. The van der Waals surface area contributed by atoms with E-state index in [1.807, 2.05) is 0 Å². The van der Waals surface area contributed by atoms with Crippen molar-refractivity contribution in [1.82, 2.24) is 10.6 Å². The van der Waals surface area contributed by atoms with Gasteiger partial charge in [0.2, 0.25) is 0 Å². The molecule has 2 N–H and O–H groups in total. The molecule has 0 bridgehead atoms. The van der Waals surface area contributed by atoms with E-state index in [1.165, 1.54) is 25.3 Å². The number of nitro groups is 1. The Morgan fingerprint density at radius 1 is 1.57 bits per heavy atom. The summed E-state index contributed by atoms with van der Waals surface area (Å²) in [6.07, 6.45) is 2.08. The molecule has 0 spiro atoms. The Labute approximate surface area is 128 Å². The van der Waals surface area contributed by atoms with E-state index in [2.05, 4.69) is 10.6 Å². The molecular weight excluding hydrogens is 298 g/mol. The number of rotatable bonds is 5. The minimum Gasteiger partial charge on any atom is -0.497 e. The number of nitrogens with zero attached hydrogens (tertiary/aromatic N) is 1. The highest BCUT2D eigenvalue weighted by Crippen LogP contribution is 2.23. The molecule has 1 fully saturated rings. The summed E-state index contributed by atoms with van der Waals surface area (Å²) in [5.74, 6) is -0.0379. The van der Waals surface area contributed by atoms with Gasteiger partial charge in [0, 0.05) is 18.7 Å². The van der Waals surface area contributed by atoms with Crippen molar-refractivity contribution < 1.29 is 14.5 Å². The van der Waals surface area contributed by atoms with Crippen LogP contribution in [0, 0.1) is 10.1 Å². The first-order valence-corrected chi connectivity index (χ1v) is 6.46. The normalized spacial score (nSPS) is 16.9. The standard InChI is InChI=1S/C13H17N3O4.ClH/c1-20-10-4-5-12(16(18)19)11(7-10)13(17)15-8-9-3-2-6-14-9;/h4-5,7,9,14H,2-3,6,8H2,1H3,(H,15,17);1H. The number of carbonyl (C=O) groups is 1. The molecule has 1 saturated heterocycles. The van der Waals surface area contributed by atoms with Gasteiger partial charge in [0.15, 0.2) is 0 Å². The van der Waals surface area contributed by atoms with Gasteiger partial charge in [-0.05, 0) is 31.5 Å². The molecule has 1 amide bonds. The summed E-state index contributed by atoms with van der Waals surface area (Å²) < 4.78 is 5.00. The van der Waals surface area contributed by atoms with E-state index in [1.54, 1.807) is 0 Å². The van der Waals surface area contributed by atoms with Crippen molar-refractivity contribution in [1.29, 1.82) is 0 Å². The molecule has 2 rings (SSSR count). The predicted molar refractivity (Wildman–Crippen MR) is 80.3 cm³/mol. The van der Waals surface area contributed by atoms with Crippen molar-refractivity contribution in [2.45, 2.75) is 18.9 Å². The van der Waals surface area contributed by atoms with E-state index >= 15 is 0 Å². The molecule has 1 unspecified atom stereocenters. The van der Waals surface area contributed by atoms with Crippen LogP contribution in [0.5, 0.6) is 5.75 Å². The third-order valence-corrected chi connectivity index (χ3v) is 3.32. The zero-order chi connectivity index (χ0) is 14.5. The number of hydrogen-bond donors (Lipinski definition) is 2. The Morgan fingerprint density at radius 2 is 2.33 bits per heavy atom. The fourth-order valence-electron chi connectivity index (χ4n) is 2.23. The second-order valence-electron chi connectivity index (χ2n) is 4.64. The van der Waals surface area contributed by atoms with Crippen LogP contribution in [-0.4, -0.2) is 37.1 Å². The third kappa shape index (κ3) is 4.30. The molecule has 1 atom stereocenters. The molecule has 7 nitrogen and oxygen atoms in total. The van der Waals surface area contributed by atoms with Crippen LogP contribution in [0.15, 0.2) is 18.2 Å². The van der Waals surface area contributed by atoms with Gasteiger partial charge in [-0.1, -0.05) is 0 Å². The van der Waals surface area contributed by atoms with Crippen LogP contribution in [0.4, 0.5) is 5.69 Å². The van der Waals surface area contributed by atoms with E-state index in [9.17, 15) is 14.9 Å². The Morgan fingerprint density at radius 3 is 2.90 bits per heavy atom. The highest BCUT2D eigenvalue weighted by atomic mass is 35.5. The zero-order valence-corrected chi connectivity index (χ0v) is 12.4. The molecule has 116 valence electrons. The number of halogens is 1. The predicted octanol–water partition coefficient (Wildman–Crippen LogP) is 1.51. The van der Waals surface area contributed by atoms with Gasteiger partial charge in [-0.3, -0.25) is 14.9 Å². The summed E-state index contributed by atoms with van der Waals surface area (Å²) >= 11 is 0. The smallest absolute Gasteiger partial charge is 0.282 e.